The Morgan fingerprint density at radius 2 is 1.63 bits per heavy atom. The quantitative estimate of drug-likeness (QED) is 0.778. The van der Waals surface area contributed by atoms with Crippen molar-refractivity contribution in [2.45, 2.75) is 52.0 Å². The van der Waals surface area contributed by atoms with Gasteiger partial charge in [0.15, 0.2) is 0 Å². The molecule has 2 heterocycles. The molecule has 2 aromatic rings. The predicted molar refractivity (Wildman–Crippen MR) is 103 cm³/mol. The summed E-state index contributed by atoms with van der Waals surface area (Å²) in [7, 11) is -3.49. The molecular weight excluding hydrogens is 364 g/mol. The van der Waals surface area contributed by atoms with Crippen molar-refractivity contribution in [1.29, 1.82) is 0 Å². The van der Waals surface area contributed by atoms with Crippen LogP contribution in [0.15, 0.2) is 21.4 Å². The Hall–Kier alpha value is -1.77. The van der Waals surface area contributed by atoms with Crippen molar-refractivity contribution in [2.75, 3.05) is 26.2 Å². The first-order valence-corrected chi connectivity index (χ1v) is 10.7. The van der Waals surface area contributed by atoms with E-state index < -0.39 is 10.0 Å². The Balaban J connectivity index is 1.68. The molecule has 7 nitrogen and oxygen atoms in total. The number of rotatable bonds is 5. The second-order valence-electron chi connectivity index (χ2n) is 7.60. The second kappa shape index (κ2) is 7.69. The van der Waals surface area contributed by atoms with Crippen LogP contribution in [0, 0.1) is 20.8 Å². The third-order valence-corrected chi connectivity index (χ3v) is 7.07. The van der Waals surface area contributed by atoms with Crippen LogP contribution in [0.1, 0.15) is 48.2 Å². The lowest BCUT2D eigenvalue weighted by molar-refractivity contribution is 0.167. The average molecular weight is 393 g/mol. The molecule has 0 amide bonds. The summed E-state index contributed by atoms with van der Waals surface area (Å²) in [4.78, 5) is 2.60. The predicted octanol–water partition coefficient (Wildman–Crippen LogP) is 2.62. The number of piperazine rings is 1. The van der Waals surface area contributed by atoms with Crippen LogP contribution in [-0.4, -0.2) is 54.0 Å². The summed E-state index contributed by atoms with van der Waals surface area (Å²) in [6.45, 7) is 12.5. The van der Waals surface area contributed by atoms with Gasteiger partial charge in [0.2, 0.25) is 21.8 Å². The Bertz CT molecular complexity index is 890. The fourth-order valence-corrected chi connectivity index (χ4v) is 5.42. The number of hydrogen-bond donors (Lipinski definition) is 0. The number of nitrogens with zero attached hydrogens (tertiary/aromatic N) is 4. The first-order chi connectivity index (χ1) is 12.7. The van der Waals surface area contributed by atoms with Crippen molar-refractivity contribution in [2.24, 2.45) is 0 Å². The molecule has 3 rings (SSSR count). The fourth-order valence-electron chi connectivity index (χ4n) is 3.59. The van der Waals surface area contributed by atoms with Crippen LogP contribution in [0.3, 0.4) is 0 Å². The van der Waals surface area contributed by atoms with E-state index in [9.17, 15) is 8.42 Å². The van der Waals surface area contributed by atoms with E-state index in [0.29, 0.717) is 49.4 Å². The molecule has 1 aliphatic rings. The molecule has 1 fully saturated rings. The van der Waals surface area contributed by atoms with Crippen LogP contribution in [0.4, 0.5) is 0 Å². The zero-order valence-corrected chi connectivity index (χ0v) is 17.5. The summed E-state index contributed by atoms with van der Waals surface area (Å²) >= 11 is 0. The van der Waals surface area contributed by atoms with Gasteiger partial charge in [0.1, 0.15) is 0 Å². The SMILES string of the molecule is Cc1cc(C)c(S(=O)(=O)N2CCN(Cc3nnc(C(C)C)o3)CC2)c(C)c1. The largest absolute Gasteiger partial charge is 0.424 e. The van der Waals surface area contributed by atoms with Crippen LogP contribution in [0.5, 0.6) is 0 Å². The molecule has 0 atom stereocenters. The molecule has 8 heteroatoms. The highest BCUT2D eigenvalue weighted by Crippen LogP contribution is 2.26. The van der Waals surface area contributed by atoms with Gasteiger partial charge in [-0.05, 0) is 31.9 Å². The van der Waals surface area contributed by atoms with Gasteiger partial charge in [-0.25, -0.2) is 8.42 Å². The van der Waals surface area contributed by atoms with E-state index in [0.717, 1.165) is 16.7 Å². The van der Waals surface area contributed by atoms with Crippen LogP contribution < -0.4 is 0 Å². The minimum Gasteiger partial charge on any atom is -0.424 e. The van der Waals surface area contributed by atoms with Crippen LogP contribution in [-0.2, 0) is 16.6 Å². The van der Waals surface area contributed by atoms with Crippen LogP contribution in [0.25, 0.3) is 0 Å². The molecule has 148 valence electrons. The maximum absolute atomic E-state index is 13.2. The monoisotopic (exact) mass is 392 g/mol. The van der Waals surface area contributed by atoms with E-state index in [1.54, 1.807) is 4.31 Å². The van der Waals surface area contributed by atoms with Crippen molar-refractivity contribution in [3.63, 3.8) is 0 Å². The lowest BCUT2D eigenvalue weighted by Gasteiger charge is -2.33. The molecule has 0 radical (unpaired) electrons. The third-order valence-electron chi connectivity index (χ3n) is 4.87. The van der Waals surface area contributed by atoms with Crippen LogP contribution >= 0.6 is 0 Å². The summed E-state index contributed by atoms with van der Waals surface area (Å²) < 4.78 is 33.5. The van der Waals surface area contributed by atoms with E-state index in [-0.39, 0.29) is 5.92 Å². The Morgan fingerprint density at radius 1 is 1.04 bits per heavy atom. The van der Waals surface area contributed by atoms with Gasteiger partial charge in [0, 0.05) is 32.1 Å². The van der Waals surface area contributed by atoms with Crippen molar-refractivity contribution < 1.29 is 12.8 Å². The molecule has 0 spiro atoms. The number of sulfonamides is 1. The standard InChI is InChI=1S/C19H28N4O3S/c1-13(2)19-21-20-17(26-19)12-22-6-8-23(9-7-22)27(24,25)18-15(4)10-14(3)11-16(18)5/h10-11,13H,6-9,12H2,1-5H3. The molecule has 0 saturated carbocycles. The molecule has 0 bridgehead atoms. The summed E-state index contributed by atoms with van der Waals surface area (Å²) in [6, 6.07) is 3.86. The summed E-state index contributed by atoms with van der Waals surface area (Å²) in [5, 5.41) is 8.14. The summed E-state index contributed by atoms with van der Waals surface area (Å²) in [5.41, 5.74) is 2.69. The number of benzene rings is 1. The van der Waals surface area contributed by atoms with Gasteiger partial charge in [0.05, 0.1) is 11.4 Å². The Morgan fingerprint density at radius 3 is 2.15 bits per heavy atom. The van der Waals surface area contributed by atoms with E-state index in [1.165, 1.54) is 0 Å². The highest BCUT2D eigenvalue weighted by atomic mass is 32.2. The molecule has 0 N–H and O–H groups in total. The first kappa shape index (κ1) is 20.0. The average Bonchev–Trinajstić information content (AvgIpc) is 3.03. The zero-order valence-electron chi connectivity index (χ0n) is 16.7. The van der Waals surface area contributed by atoms with Gasteiger partial charge in [-0.3, -0.25) is 4.90 Å². The zero-order chi connectivity index (χ0) is 19.8. The minimum absolute atomic E-state index is 0.203. The van der Waals surface area contributed by atoms with Crippen LogP contribution in [0.2, 0.25) is 0 Å². The third kappa shape index (κ3) is 4.23. The van der Waals surface area contributed by atoms with Gasteiger partial charge in [0.25, 0.3) is 0 Å². The summed E-state index contributed by atoms with van der Waals surface area (Å²) in [6.07, 6.45) is 0. The van der Waals surface area contributed by atoms with Crippen molar-refractivity contribution in [1.82, 2.24) is 19.4 Å². The number of hydrogen-bond acceptors (Lipinski definition) is 6. The number of aryl methyl sites for hydroxylation is 3. The van der Waals surface area contributed by atoms with Crippen molar-refractivity contribution in [3.8, 4) is 0 Å². The minimum atomic E-state index is -3.49. The fraction of sp³-hybridized carbons (Fsp3) is 0.579. The summed E-state index contributed by atoms with van der Waals surface area (Å²) in [5.74, 6) is 1.42. The lowest BCUT2D eigenvalue weighted by Crippen LogP contribution is -2.48. The molecule has 1 saturated heterocycles. The Kier molecular flexibility index (Phi) is 5.69. The van der Waals surface area contributed by atoms with Gasteiger partial charge in [-0.15, -0.1) is 10.2 Å². The topological polar surface area (TPSA) is 79.5 Å². The molecule has 0 aliphatic carbocycles. The van der Waals surface area contributed by atoms with Gasteiger partial charge < -0.3 is 4.42 Å². The maximum Gasteiger partial charge on any atom is 0.243 e. The molecule has 1 aromatic heterocycles. The van der Waals surface area contributed by atoms with E-state index in [1.807, 2.05) is 46.8 Å². The smallest absolute Gasteiger partial charge is 0.243 e. The molecular formula is C19H28N4O3S. The molecule has 1 aromatic carbocycles. The second-order valence-corrected chi connectivity index (χ2v) is 9.47. The highest BCUT2D eigenvalue weighted by Gasteiger charge is 2.31. The molecule has 0 unspecified atom stereocenters. The number of aromatic nitrogens is 2. The van der Waals surface area contributed by atoms with Crippen molar-refractivity contribution >= 4 is 10.0 Å². The van der Waals surface area contributed by atoms with E-state index in [2.05, 4.69) is 15.1 Å². The highest BCUT2D eigenvalue weighted by molar-refractivity contribution is 7.89. The van der Waals surface area contributed by atoms with Gasteiger partial charge in [-0.1, -0.05) is 31.5 Å². The lowest BCUT2D eigenvalue weighted by atomic mass is 10.1. The van der Waals surface area contributed by atoms with Crippen molar-refractivity contribution in [3.05, 3.63) is 40.6 Å². The van der Waals surface area contributed by atoms with Gasteiger partial charge in [-0.2, -0.15) is 4.31 Å². The van der Waals surface area contributed by atoms with Gasteiger partial charge >= 0.3 is 0 Å². The maximum atomic E-state index is 13.2. The van der Waals surface area contributed by atoms with E-state index >= 15 is 0 Å². The normalized spacial score (nSPS) is 17.0. The van der Waals surface area contributed by atoms with E-state index in [4.69, 9.17) is 4.42 Å². The Labute approximate surface area is 161 Å². The molecule has 27 heavy (non-hydrogen) atoms. The first-order valence-electron chi connectivity index (χ1n) is 9.31. The molecule has 1 aliphatic heterocycles.